The van der Waals surface area contributed by atoms with E-state index in [9.17, 15) is 4.79 Å². The number of benzene rings is 1. The van der Waals surface area contributed by atoms with Crippen LogP contribution in [0.15, 0.2) is 24.3 Å². The Balaban J connectivity index is 1.42. The first kappa shape index (κ1) is 16.8. The molecule has 1 fully saturated rings. The molecular formula is C18H17ClN6OS. The molecule has 2 aromatic heterocycles. The normalized spacial score (nSPS) is 19.2. The van der Waals surface area contributed by atoms with Gasteiger partial charge in [-0.25, -0.2) is 4.98 Å². The van der Waals surface area contributed by atoms with E-state index in [1.165, 1.54) is 24.4 Å². The van der Waals surface area contributed by atoms with Gasteiger partial charge in [0.1, 0.15) is 5.82 Å². The Hall–Kier alpha value is -2.32. The van der Waals surface area contributed by atoms with Crippen LogP contribution in [-0.2, 0) is 6.54 Å². The molecule has 1 aliphatic heterocycles. The molecule has 3 heterocycles. The molecule has 0 unspecified atom stereocenters. The van der Waals surface area contributed by atoms with Crippen LogP contribution in [0.5, 0.6) is 0 Å². The molecule has 0 saturated heterocycles. The lowest BCUT2D eigenvalue weighted by Crippen LogP contribution is -2.41. The second kappa shape index (κ2) is 6.38. The van der Waals surface area contributed by atoms with Gasteiger partial charge in [-0.3, -0.25) is 4.79 Å². The molecule has 3 aromatic rings. The first-order valence-corrected chi connectivity index (χ1v) is 10.1. The fourth-order valence-corrected chi connectivity index (χ4v) is 4.28. The van der Waals surface area contributed by atoms with Gasteiger partial charge in [-0.2, -0.15) is 4.37 Å². The number of fused-ring (bicyclic) bond motifs is 1. The number of rotatable bonds is 3. The molecule has 0 radical (unpaired) electrons. The minimum Gasteiger partial charge on any atom is -0.327 e. The van der Waals surface area contributed by atoms with Crippen molar-refractivity contribution in [2.45, 2.75) is 38.3 Å². The average Bonchev–Trinajstić information content (AvgIpc) is 3.24. The van der Waals surface area contributed by atoms with Crippen molar-refractivity contribution in [1.29, 1.82) is 0 Å². The predicted octanol–water partition coefficient (Wildman–Crippen LogP) is 3.54. The molecule has 0 bridgehead atoms. The number of carbonyl (C=O) groups excluding carboxylic acids is 1. The van der Waals surface area contributed by atoms with Crippen molar-refractivity contribution >= 4 is 29.0 Å². The summed E-state index contributed by atoms with van der Waals surface area (Å²) in [4.78, 5) is 19.4. The first-order valence-electron chi connectivity index (χ1n) is 8.95. The van der Waals surface area contributed by atoms with Gasteiger partial charge in [0.25, 0.3) is 5.91 Å². The number of carbonyl (C=O) groups is 1. The van der Waals surface area contributed by atoms with Gasteiger partial charge in [0, 0.05) is 29.6 Å². The van der Waals surface area contributed by atoms with Gasteiger partial charge in [-0.1, -0.05) is 11.6 Å². The summed E-state index contributed by atoms with van der Waals surface area (Å²) < 4.78 is 6.53. The molecule has 1 amide bonds. The number of amides is 1. The number of halogens is 1. The van der Waals surface area contributed by atoms with Crippen molar-refractivity contribution in [1.82, 2.24) is 29.0 Å². The highest BCUT2D eigenvalue weighted by Crippen LogP contribution is 2.40. The Morgan fingerprint density at radius 3 is 2.70 bits per heavy atom. The Kier molecular flexibility index (Phi) is 3.98. The Morgan fingerprint density at radius 2 is 1.96 bits per heavy atom. The van der Waals surface area contributed by atoms with E-state index in [2.05, 4.69) is 24.1 Å². The lowest BCUT2D eigenvalue weighted by molar-refractivity contribution is 0.0638. The molecule has 7 nitrogen and oxygen atoms in total. The average molecular weight is 401 g/mol. The molecule has 9 heteroatoms. The number of hydrogen-bond acceptors (Lipinski definition) is 6. The minimum absolute atomic E-state index is 0.0260. The van der Waals surface area contributed by atoms with Gasteiger partial charge in [0.2, 0.25) is 0 Å². The molecule has 27 heavy (non-hydrogen) atoms. The SMILES string of the molecule is C[C@@H]1c2nnc(-c3nc(C4CC4)ns3)n2CCN1C(=O)c1ccc(Cl)cc1. The van der Waals surface area contributed by atoms with E-state index in [0.717, 1.165) is 22.5 Å². The molecule has 0 N–H and O–H groups in total. The quantitative estimate of drug-likeness (QED) is 0.672. The summed E-state index contributed by atoms with van der Waals surface area (Å²) in [6, 6.07) is 6.80. The summed E-state index contributed by atoms with van der Waals surface area (Å²) in [5.41, 5.74) is 0.623. The van der Waals surface area contributed by atoms with Crippen LogP contribution in [0.25, 0.3) is 10.8 Å². The second-order valence-corrected chi connectivity index (χ2v) is 8.14. The van der Waals surface area contributed by atoms with Gasteiger partial charge in [-0.15, -0.1) is 10.2 Å². The third kappa shape index (κ3) is 2.93. The van der Waals surface area contributed by atoms with Crippen molar-refractivity contribution in [3.63, 3.8) is 0 Å². The molecule has 5 rings (SSSR count). The van der Waals surface area contributed by atoms with Gasteiger partial charge in [0.15, 0.2) is 16.7 Å². The topological polar surface area (TPSA) is 76.8 Å². The van der Waals surface area contributed by atoms with Crippen molar-refractivity contribution in [2.24, 2.45) is 0 Å². The first-order chi connectivity index (χ1) is 13.1. The van der Waals surface area contributed by atoms with Crippen LogP contribution in [0.2, 0.25) is 5.02 Å². The van der Waals surface area contributed by atoms with E-state index in [4.69, 9.17) is 11.6 Å². The maximum Gasteiger partial charge on any atom is 0.254 e. The standard InChI is InChI=1S/C18H17ClN6OS/c1-10-15-21-22-16(17-20-14(23-27-17)11-2-3-11)25(15)9-8-24(10)18(26)12-4-6-13(19)7-5-12/h4-7,10-11H,2-3,8-9H2,1H3/t10-/m1/s1. The summed E-state index contributed by atoms with van der Waals surface area (Å²) in [5.74, 6) is 2.95. The van der Waals surface area contributed by atoms with Crippen LogP contribution in [-0.4, -0.2) is 41.5 Å². The highest BCUT2D eigenvalue weighted by atomic mass is 35.5. The number of aromatic nitrogens is 5. The Labute approximate surface area is 165 Å². The molecule has 1 aromatic carbocycles. The molecule has 138 valence electrons. The maximum atomic E-state index is 12.9. The van der Waals surface area contributed by atoms with Crippen LogP contribution >= 0.6 is 23.1 Å². The van der Waals surface area contributed by atoms with Gasteiger partial charge in [-0.05, 0) is 55.6 Å². The van der Waals surface area contributed by atoms with Gasteiger partial charge in [0.05, 0.1) is 6.04 Å². The smallest absolute Gasteiger partial charge is 0.254 e. The zero-order valence-electron chi connectivity index (χ0n) is 14.7. The Bertz CT molecular complexity index is 1010. The van der Waals surface area contributed by atoms with E-state index in [0.29, 0.717) is 29.6 Å². The van der Waals surface area contributed by atoms with E-state index < -0.39 is 0 Å². The Morgan fingerprint density at radius 1 is 1.19 bits per heavy atom. The molecule has 1 aliphatic carbocycles. The molecular weight excluding hydrogens is 384 g/mol. The maximum absolute atomic E-state index is 12.9. The van der Waals surface area contributed by atoms with Gasteiger partial charge >= 0.3 is 0 Å². The molecule has 1 atom stereocenters. The van der Waals surface area contributed by atoms with Crippen LogP contribution < -0.4 is 0 Å². The van der Waals surface area contributed by atoms with Crippen molar-refractivity contribution in [3.05, 3.63) is 46.5 Å². The van der Waals surface area contributed by atoms with Crippen LogP contribution in [0.1, 0.15) is 53.7 Å². The summed E-state index contributed by atoms with van der Waals surface area (Å²) in [6.45, 7) is 3.21. The zero-order valence-corrected chi connectivity index (χ0v) is 16.2. The fraction of sp³-hybridized carbons (Fsp3) is 0.389. The zero-order chi connectivity index (χ0) is 18.5. The van der Waals surface area contributed by atoms with E-state index in [1.54, 1.807) is 24.3 Å². The van der Waals surface area contributed by atoms with Gasteiger partial charge < -0.3 is 9.47 Å². The summed E-state index contributed by atoms with van der Waals surface area (Å²) in [7, 11) is 0. The molecule has 1 saturated carbocycles. The lowest BCUT2D eigenvalue weighted by Gasteiger charge is -2.33. The van der Waals surface area contributed by atoms with Crippen LogP contribution in [0.3, 0.4) is 0 Å². The number of nitrogens with zero attached hydrogens (tertiary/aromatic N) is 6. The minimum atomic E-state index is -0.168. The van der Waals surface area contributed by atoms with Crippen molar-refractivity contribution in [3.8, 4) is 10.8 Å². The third-order valence-corrected chi connectivity index (χ3v) is 6.09. The summed E-state index contributed by atoms with van der Waals surface area (Å²) in [6.07, 6.45) is 2.35. The molecule has 0 spiro atoms. The lowest BCUT2D eigenvalue weighted by atomic mass is 10.1. The van der Waals surface area contributed by atoms with E-state index >= 15 is 0 Å². The second-order valence-electron chi connectivity index (χ2n) is 6.95. The van der Waals surface area contributed by atoms with Crippen molar-refractivity contribution in [2.75, 3.05) is 6.54 Å². The summed E-state index contributed by atoms with van der Waals surface area (Å²) in [5, 5.41) is 10.1. The van der Waals surface area contributed by atoms with Crippen LogP contribution in [0, 0.1) is 0 Å². The molecule has 2 aliphatic rings. The predicted molar refractivity (Wildman–Crippen MR) is 102 cm³/mol. The van der Waals surface area contributed by atoms with Crippen LogP contribution in [0.4, 0.5) is 0 Å². The summed E-state index contributed by atoms with van der Waals surface area (Å²) >= 11 is 7.30. The third-order valence-electron chi connectivity index (χ3n) is 5.11. The van der Waals surface area contributed by atoms with E-state index in [1.807, 2.05) is 11.8 Å². The largest absolute Gasteiger partial charge is 0.327 e. The fourth-order valence-electron chi connectivity index (χ4n) is 3.41. The van der Waals surface area contributed by atoms with Crippen molar-refractivity contribution < 1.29 is 4.79 Å². The van der Waals surface area contributed by atoms with E-state index in [-0.39, 0.29) is 11.9 Å². The monoisotopic (exact) mass is 400 g/mol. The highest BCUT2D eigenvalue weighted by Gasteiger charge is 2.33. The highest BCUT2D eigenvalue weighted by molar-refractivity contribution is 7.09. The number of hydrogen-bond donors (Lipinski definition) is 0.